The van der Waals surface area contributed by atoms with Gasteiger partial charge in [-0.25, -0.2) is 4.98 Å². The molecule has 3 heterocycles. The number of piperazine rings is 1. The van der Waals surface area contributed by atoms with E-state index in [9.17, 15) is 4.79 Å². The van der Waals surface area contributed by atoms with E-state index in [1.54, 1.807) is 6.07 Å². The number of hydrogen-bond donors (Lipinski definition) is 0. The van der Waals surface area contributed by atoms with Crippen molar-refractivity contribution in [2.45, 2.75) is 0 Å². The lowest BCUT2D eigenvalue weighted by molar-refractivity contribution is 0.112. The van der Waals surface area contributed by atoms with Crippen molar-refractivity contribution in [2.75, 3.05) is 38.1 Å². The second-order valence-corrected chi connectivity index (χ2v) is 6.29. The van der Waals surface area contributed by atoms with Crippen molar-refractivity contribution in [1.82, 2.24) is 14.3 Å². The van der Waals surface area contributed by atoms with Gasteiger partial charge in [0.1, 0.15) is 5.65 Å². The van der Waals surface area contributed by atoms with Crippen LogP contribution in [-0.2, 0) is 0 Å². The maximum absolute atomic E-state index is 11.0. The first kappa shape index (κ1) is 14.9. The highest BCUT2D eigenvalue weighted by atomic mass is 16.1. The van der Waals surface area contributed by atoms with Crippen molar-refractivity contribution in [2.24, 2.45) is 0 Å². The molecule has 1 aliphatic heterocycles. The largest absolute Gasteiger partial charge is 0.369 e. The van der Waals surface area contributed by atoms with Crippen LogP contribution in [0, 0.1) is 0 Å². The second-order valence-electron chi connectivity index (χ2n) is 6.29. The zero-order chi connectivity index (χ0) is 16.5. The minimum atomic E-state index is 0.649. The first-order chi connectivity index (χ1) is 11.7. The molecule has 2 aromatic heterocycles. The highest BCUT2D eigenvalue weighted by Crippen LogP contribution is 2.25. The van der Waals surface area contributed by atoms with Crippen LogP contribution >= 0.6 is 0 Å². The van der Waals surface area contributed by atoms with Crippen molar-refractivity contribution in [3.8, 4) is 11.3 Å². The Balaban J connectivity index is 1.64. The van der Waals surface area contributed by atoms with Gasteiger partial charge < -0.3 is 9.80 Å². The van der Waals surface area contributed by atoms with E-state index in [-0.39, 0.29) is 0 Å². The van der Waals surface area contributed by atoms with Crippen molar-refractivity contribution in [1.29, 1.82) is 0 Å². The molecule has 0 saturated carbocycles. The molecular formula is C19H20N4O. The first-order valence-corrected chi connectivity index (χ1v) is 8.21. The number of likely N-dealkylation sites (N-methyl/N-ethyl adjacent to an activating group) is 1. The van der Waals surface area contributed by atoms with Crippen LogP contribution in [0.4, 0.5) is 5.69 Å². The molecule has 0 unspecified atom stereocenters. The lowest BCUT2D eigenvalue weighted by atomic mass is 10.1. The van der Waals surface area contributed by atoms with Gasteiger partial charge in [-0.1, -0.05) is 12.1 Å². The molecule has 1 saturated heterocycles. The van der Waals surface area contributed by atoms with E-state index in [2.05, 4.69) is 46.1 Å². The molecule has 0 radical (unpaired) electrons. The molecular weight excluding hydrogens is 300 g/mol. The Morgan fingerprint density at radius 2 is 1.75 bits per heavy atom. The fourth-order valence-corrected chi connectivity index (χ4v) is 3.19. The summed E-state index contributed by atoms with van der Waals surface area (Å²) >= 11 is 0. The van der Waals surface area contributed by atoms with Gasteiger partial charge in [-0.05, 0) is 31.3 Å². The maximum atomic E-state index is 11.0. The Labute approximate surface area is 141 Å². The van der Waals surface area contributed by atoms with Crippen molar-refractivity contribution >= 4 is 17.6 Å². The van der Waals surface area contributed by atoms with Gasteiger partial charge in [0.05, 0.1) is 11.9 Å². The molecule has 3 aromatic rings. The number of imidazole rings is 1. The monoisotopic (exact) mass is 320 g/mol. The summed E-state index contributed by atoms with van der Waals surface area (Å²) in [6.07, 6.45) is 4.55. The van der Waals surface area contributed by atoms with Crippen LogP contribution < -0.4 is 4.90 Å². The average Bonchev–Trinajstić information content (AvgIpc) is 3.05. The summed E-state index contributed by atoms with van der Waals surface area (Å²) in [6, 6.07) is 12.3. The molecule has 4 rings (SSSR count). The number of benzene rings is 1. The first-order valence-electron chi connectivity index (χ1n) is 8.21. The number of carbonyl (C=O) groups excluding carboxylic acids is 1. The number of carbonyl (C=O) groups is 1. The van der Waals surface area contributed by atoms with Gasteiger partial charge in [0.2, 0.25) is 0 Å². The topological polar surface area (TPSA) is 40.8 Å². The minimum Gasteiger partial charge on any atom is -0.369 e. The van der Waals surface area contributed by atoms with Crippen molar-refractivity contribution in [3.63, 3.8) is 0 Å². The highest BCUT2D eigenvalue weighted by molar-refractivity contribution is 5.76. The fourth-order valence-electron chi connectivity index (χ4n) is 3.19. The lowest BCUT2D eigenvalue weighted by Gasteiger charge is -2.34. The number of pyridine rings is 1. The van der Waals surface area contributed by atoms with Gasteiger partial charge in [-0.2, -0.15) is 0 Å². The molecule has 0 amide bonds. The Hall–Kier alpha value is -2.66. The molecule has 122 valence electrons. The van der Waals surface area contributed by atoms with Gasteiger partial charge in [-0.15, -0.1) is 0 Å². The van der Waals surface area contributed by atoms with Crippen LogP contribution in [0.2, 0.25) is 0 Å². The Morgan fingerprint density at radius 1 is 1.00 bits per heavy atom. The highest BCUT2D eigenvalue weighted by Gasteiger charge is 2.14. The summed E-state index contributed by atoms with van der Waals surface area (Å²) < 4.78 is 1.97. The molecule has 5 nitrogen and oxygen atoms in total. The molecule has 0 N–H and O–H groups in total. The molecule has 0 bridgehead atoms. The smallest absolute Gasteiger partial charge is 0.151 e. The van der Waals surface area contributed by atoms with Crippen LogP contribution in [0.15, 0.2) is 48.8 Å². The number of aromatic nitrogens is 2. The maximum Gasteiger partial charge on any atom is 0.151 e. The van der Waals surface area contributed by atoms with E-state index < -0.39 is 0 Å². The Bertz CT molecular complexity index is 861. The fraction of sp³-hybridized carbons (Fsp3) is 0.263. The predicted octanol–water partition coefficient (Wildman–Crippen LogP) is 2.57. The van der Waals surface area contributed by atoms with Gasteiger partial charge in [0, 0.05) is 49.2 Å². The zero-order valence-corrected chi connectivity index (χ0v) is 13.7. The Morgan fingerprint density at radius 3 is 2.46 bits per heavy atom. The van der Waals surface area contributed by atoms with E-state index in [1.165, 1.54) is 5.69 Å². The third kappa shape index (κ3) is 2.67. The van der Waals surface area contributed by atoms with Crippen LogP contribution in [0.1, 0.15) is 10.4 Å². The molecule has 5 heteroatoms. The van der Waals surface area contributed by atoms with Crippen LogP contribution in [0.3, 0.4) is 0 Å². The van der Waals surface area contributed by atoms with Gasteiger partial charge in [0.15, 0.2) is 6.29 Å². The van der Waals surface area contributed by atoms with Gasteiger partial charge >= 0.3 is 0 Å². The van der Waals surface area contributed by atoms with E-state index in [1.807, 2.05) is 22.9 Å². The zero-order valence-electron chi connectivity index (χ0n) is 13.7. The quantitative estimate of drug-likeness (QED) is 0.696. The molecule has 1 aliphatic rings. The van der Waals surface area contributed by atoms with E-state index in [0.717, 1.165) is 49.4 Å². The number of rotatable bonds is 3. The second kappa shape index (κ2) is 6.09. The summed E-state index contributed by atoms with van der Waals surface area (Å²) in [7, 11) is 2.17. The third-order valence-corrected chi connectivity index (χ3v) is 4.70. The lowest BCUT2D eigenvalue weighted by Crippen LogP contribution is -2.44. The summed E-state index contributed by atoms with van der Waals surface area (Å²) in [6.45, 7) is 4.33. The normalized spacial score (nSPS) is 15.8. The van der Waals surface area contributed by atoms with E-state index in [0.29, 0.717) is 5.56 Å². The molecule has 1 aromatic carbocycles. The van der Waals surface area contributed by atoms with Crippen LogP contribution in [-0.4, -0.2) is 53.8 Å². The number of anilines is 1. The molecule has 0 atom stereocenters. The van der Waals surface area contributed by atoms with E-state index >= 15 is 0 Å². The van der Waals surface area contributed by atoms with Gasteiger partial charge in [0.25, 0.3) is 0 Å². The molecule has 0 aliphatic carbocycles. The molecule has 24 heavy (non-hydrogen) atoms. The van der Waals surface area contributed by atoms with Crippen LogP contribution in [0.5, 0.6) is 0 Å². The average molecular weight is 320 g/mol. The number of hydrogen-bond acceptors (Lipinski definition) is 4. The summed E-state index contributed by atoms with van der Waals surface area (Å²) in [4.78, 5) is 20.2. The number of nitrogens with zero attached hydrogens (tertiary/aromatic N) is 4. The summed E-state index contributed by atoms with van der Waals surface area (Å²) in [5.74, 6) is 0. The van der Waals surface area contributed by atoms with Crippen molar-refractivity contribution in [3.05, 3.63) is 54.4 Å². The molecule has 1 fully saturated rings. The third-order valence-electron chi connectivity index (χ3n) is 4.70. The predicted molar refractivity (Wildman–Crippen MR) is 95.7 cm³/mol. The number of aldehydes is 1. The number of fused-ring (bicyclic) bond motifs is 1. The van der Waals surface area contributed by atoms with E-state index in [4.69, 9.17) is 0 Å². The van der Waals surface area contributed by atoms with Crippen LogP contribution in [0.25, 0.3) is 16.9 Å². The van der Waals surface area contributed by atoms with Crippen molar-refractivity contribution < 1.29 is 4.79 Å². The Kier molecular flexibility index (Phi) is 3.78. The molecule has 0 spiro atoms. The minimum absolute atomic E-state index is 0.649. The summed E-state index contributed by atoms with van der Waals surface area (Å²) in [5.41, 5.74) is 4.85. The summed E-state index contributed by atoms with van der Waals surface area (Å²) in [5, 5.41) is 0. The van der Waals surface area contributed by atoms with Gasteiger partial charge in [-0.3, -0.25) is 9.20 Å². The SMILES string of the molecule is CN1CCN(c2ccc(-c3cnc4ccc(C=O)cn34)cc2)CC1. The standard InChI is InChI=1S/C19H20N4O/c1-21-8-10-22(11-9-21)17-5-3-16(4-6-17)18-12-20-19-7-2-15(14-24)13-23(18)19/h2-7,12-14H,8-11H2,1H3.